The van der Waals surface area contributed by atoms with Crippen LogP contribution < -0.4 is 5.32 Å². The number of ketones is 1. The van der Waals surface area contributed by atoms with Crippen LogP contribution in [0.5, 0.6) is 0 Å². The lowest BCUT2D eigenvalue weighted by molar-refractivity contribution is -0.148. The highest BCUT2D eigenvalue weighted by molar-refractivity contribution is 5.93. The zero-order valence-electron chi connectivity index (χ0n) is 17.6. The maximum Gasteiger partial charge on any atom is 0.306 e. The average molecular weight is 419 g/mol. The number of rotatable bonds is 9. The molecule has 0 fully saturated rings. The van der Waals surface area contributed by atoms with Crippen molar-refractivity contribution in [1.29, 1.82) is 0 Å². The zero-order chi connectivity index (χ0) is 22.2. The largest absolute Gasteiger partial charge is 0.456 e. The van der Waals surface area contributed by atoms with Crippen LogP contribution in [-0.2, 0) is 25.5 Å². The van der Waals surface area contributed by atoms with Crippen LogP contribution in [0.25, 0.3) is 16.9 Å². The van der Waals surface area contributed by atoms with E-state index in [0.717, 1.165) is 17.7 Å². The Balaban J connectivity index is 1.77. The van der Waals surface area contributed by atoms with Crippen molar-refractivity contribution in [1.82, 2.24) is 9.78 Å². The number of ether oxygens (including phenoxy) is 1. The fourth-order valence-electron chi connectivity index (χ4n) is 2.96. The summed E-state index contributed by atoms with van der Waals surface area (Å²) in [7, 11) is 0. The second-order valence-corrected chi connectivity index (χ2v) is 7.12. The summed E-state index contributed by atoms with van der Waals surface area (Å²) in [5.41, 5.74) is 3.65. The SMILES string of the molecule is CCc1ccc(-c2cc(NC(=O)COC(=O)CCC(C)=O)n(-c3ccccc3)n2)cc1. The van der Waals surface area contributed by atoms with Gasteiger partial charge in [-0.25, -0.2) is 4.68 Å². The molecule has 0 aliphatic heterocycles. The normalized spacial score (nSPS) is 10.5. The Morgan fingerprint density at radius 3 is 2.35 bits per heavy atom. The molecule has 1 aromatic heterocycles. The van der Waals surface area contributed by atoms with E-state index in [0.29, 0.717) is 11.5 Å². The maximum atomic E-state index is 12.4. The highest BCUT2D eigenvalue weighted by Gasteiger charge is 2.15. The summed E-state index contributed by atoms with van der Waals surface area (Å²) in [5, 5.41) is 7.42. The van der Waals surface area contributed by atoms with Gasteiger partial charge in [0.15, 0.2) is 6.61 Å². The summed E-state index contributed by atoms with van der Waals surface area (Å²) in [6.45, 7) is 3.06. The van der Waals surface area contributed by atoms with Crippen molar-refractivity contribution < 1.29 is 19.1 Å². The lowest BCUT2D eigenvalue weighted by Gasteiger charge is -2.09. The molecule has 0 aliphatic rings. The van der Waals surface area contributed by atoms with Gasteiger partial charge in [-0.3, -0.25) is 9.59 Å². The number of para-hydroxylation sites is 1. The molecule has 7 nitrogen and oxygen atoms in total. The number of aromatic nitrogens is 2. The second kappa shape index (κ2) is 10.3. The van der Waals surface area contributed by atoms with Crippen LogP contribution in [-0.4, -0.2) is 34.0 Å². The van der Waals surface area contributed by atoms with E-state index >= 15 is 0 Å². The first-order chi connectivity index (χ1) is 15.0. The summed E-state index contributed by atoms with van der Waals surface area (Å²) in [6, 6.07) is 19.3. The number of carbonyl (C=O) groups excluding carboxylic acids is 3. The van der Waals surface area contributed by atoms with Gasteiger partial charge in [-0.1, -0.05) is 49.4 Å². The number of hydrogen-bond acceptors (Lipinski definition) is 5. The monoisotopic (exact) mass is 419 g/mol. The fraction of sp³-hybridized carbons (Fsp3) is 0.250. The first-order valence-electron chi connectivity index (χ1n) is 10.2. The zero-order valence-corrected chi connectivity index (χ0v) is 17.6. The Hall–Kier alpha value is -3.74. The molecule has 0 bridgehead atoms. The van der Waals surface area contributed by atoms with Gasteiger partial charge >= 0.3 is 5.97 Å². The molecule has 1 amide bonds. The predicted octanol–water partition coefficient (Wildman–Crippen LogP) is 3.95. The van der Waals surface area contributed by atoms with Crippen molar-refractivity contribution in [2.75, 3.05) is 11.9 Å². The fourth-order valence-corrected chi connectivity index (χ4v) is 2.96. The molecule has 3 rings (SSSR count). The lowest BCUT2D eigenvalue weighted by atomic mass is 10.1. The number of hydrogen-bond donors (Lipinski definition) is 1. The number of benzene rings is 2. The van der Waals surface area contributed by atoms with Crippen molar-refractivity contribution in [3.8, 4) is 16.9 Å². The van der Waals surface area contributed by atoms with E-state index < -0.39 is 18.5 Å². The second-order valence-electron chi connectivity index (χ2n) is 7.12. The standard InChI is InChI=1S/C24H25N3O4/c1-3-18-10-12-19(13-11-18)21-15-22(27(26-21)20-7-5-4-6-8-20)25-23(29)16-31-24(30)14-9-17(2)28/h4-8,10-13,15H,3,9,14,16H2,1-2H3,(H,25,29). The number of Topliss-reactive ketones (excluding diaryl/α,β-unsaturated/α-hetero) is 1. The molecule has 3 aromatic rings. The highest BCUT2D eigenvalue weighted by Crippen LogP contribution is 2.25. The van der Waals surface area contributed by atoms with Crippen LogP contribution in [0.2, 0.25) is 0 Å². The molecule has 0 unspecified atom stereocenters. The predicted molar refractivity (Wildman–Crippen MR) is 118 cm³/mol. The van der Waals surface area contributed by atoms with E-state index in [1.165, 1.54) is 12.5 Å². The van der Waals surface area contributed by atoms with Gasteiger partial charge in [0, 0.05) is 18.1 Å². The molecular formula is C24H25N3O4. The van der Waals surface area contributed by atoms with Crippen LogP contribution in [0.4, 0.5) is 5.82 Å². The van der Waals surface area contributed by atoms with Crippen molar-refractivity contribution in [3.05, 3.63) is 66.2 Å². The number of esters is 1. The molecule has 0 radical (unpaired) electrons. The summed E-state index contributed by atoms with van der Waals surface area (Å²) in [4.78, 5) is 35.0. The minimum absolute atomic E-state index is 0.0392. The molecule has 0 saturated heterocycles. The molecule has 0 aliphatic carbocycles. The first kappa shape index (κ1) is 22.0. The molecule has 31 heavy (non-hydrogen) atoms. The summed E-state index contributed by atoms with van der Waals surface area (Å²) in [5.74, 6) is -0.710. The molecule has 1 heterocycles. The van der Waals surface area contributed by atoms with Crippen molar-refractivity contribution in [3.63, 3.8) is 0 Å². The third-order valence-electron chi connectivity index (χ3n) is 4.68. The number of nitrogens with zero attached hydrogens (tertiary/aromatic N) is 2. The maximum absolute atomic E-state index is 12.4. The highest BCUT2D eigenvalue weighted by atomic mass is 16.5. The molecule has 0 atom stereocenters. The molecule has 0 saturated carbocycles. The molecule has 2 aromatic carbocycles. The molecule has 1 N–H and O–H groups in total. The minimum Gasteiger partial charge on any atom is -0.456 e. The topological polar surface area (TPSA) is 90.3 Å². The number of nitrogens with one attached hydrogen (secondary N) is 1. The van der Waals surface area contributed by atoms with E-state index in [2.05, 4.69) is 29.5 Å². The number of aryl methyl sites for hydroxylation is 1. The van der Waals surface area contributed by atoms with Crippen LogP contribution in [0.15, 0.2) is 60.7 Å². The first-order valence-corrected chi connectivity index (χ1v) is 10.2. The Bertz CT molecular complexity index is 1060. The lowest BCUT2D eigenvalue weighted by Crippen LogP contribution is -2.22. The van der Waals surface area contributed by atoms with Crippen molar-refractivity contribution >= 4 is 23.5 Å². The third kappa shape index (κ3) is 6.12. The summed E-state index contributed by atoms with van der Waals surface area (Å²) < 4.78 is 6.59. The Morgan fingerprint density at radius 1 is 1.00 bits per heavy atom. The summed E-state index contributed by atoms with van der Waals surface area (Å²) >= 11 is 0. The van der Waals surface area contributed by atoms with Gasteiger partial charge in [0.25, 0.3) is 5.91 Å². The van der Waals surface area contributed by atoms with Crippen LogP contribution >= 0.6 is 0 Å². The van der Waals surface area contributed by atoms with E-state index in [1.54, 1.807) is 10.7 Å². The van der Waals surface area contributed by atoms with Crippen LogP contribution in [0, 0.1) is 0 Å². The number of anilines is 1. The number of amides is 1. The van der Waals surface area contributed by atoms with Gasteiger partial charge in [-0.05, 0) is 31.0 Å². The molecular weight excluding hydrogens is 394 g/mol. The van der Waals surface area contributed by atoms with Crippen LogP contribution in [0.1, 0.15) is 32.3 Å². The quantitative estimate of drug-likeness (QED) is 0.530. The van der Waals surface area contributed by atoms with Gasteiger partial charge in [0.1, 0.15) is 11.6 Å². The Kier molecular flexibility index (Phi) is 7.32. The van der Waals surface area contributed by atoms with E-state index in [-0.39, 0.29) is 18.6 Å². The molecule has 7 heteroatoms. The van der Waals surface area contributed by atoms with Gasteiger partial charge in [0.2, 0.25) is 0 Å². The average Bonchev–Trinajstić information content (AvgIpc) is 3.20. The van der Waals surface area contributed by atoms with Crippen molar-refractivity contribution in [2.45, 2.75) is 33.1 Å². The smallest absolute Gasteiger partial charge is 0.306 e. The van der Waals surface area contributed by atoms with Gasteiger partial charge < -0.3 is 14.8 Å². The van der Waals surface area contributed by atoms with E-state index in [9.17, 15) is 14.4 Å². The van der Waals surface area contributed by atoms with Crippen molar-refractivity contribution in [2.24, 2.45) is 0 Å². The Morgan fingerprint density at radius 2 is 1.71 bits per heavy atom. The number of carbonyl (C=O) groups is 3. The Labute approximate surface area is 181 Å². The van der Waals surface area contributed by atoms with Crippen LogP contribution in [0.3, 0.4) is 0 Å². The molecule has 160 valence electrons. The minimum atomic E-state index is -0.585. The van der Waals surface area contributed by atoms with Gasteiger partial charge in [0.05, 0.1) is 17.8 Å². The van der Waals surface area contributed by atoms with E-state index in [4.69, 9.17) is 4.74 Å². The summed E-state index contributed by atoms with van der Waals surface area (Å²) in [6.07, 6.45) is 1.01. The van der Waals surface area contributed by atoms with E-state index in [1.807, 2.05) is 42.5 Å². The van der Waals surface area contributed by atoms with Gasteiger partial charge in [-0.2, -0.15) is 5.10 Å². The third-order valence-corrected chi connectivity index (χ3v) is 4.68. The van der Waals surface area contributed by atoms with Gasteiger partial charge in [-0.15, -0.1) is 0 Å². The molecule has 0 spiro atoms.